The predicted octanol–water partition coefficient (Wildman–Crippen LogP) is 10.7. The van der Waals surface area contributed by atoms with Gasteiger partial charge in [0, 0.05) is 47.8 Å². The molecule has 0 radical (unpaired) electrons. The van der Waals surface area contributed by atoms with E-state index in [0.29, 0.717) is 17.5 Å². The molecule has 1 aliphatic heterocycles. The van der Waals surface area contributed by atoms with Gasteiger partial charge in [-0.2, -0.15) is 0 Å². The van der Waals surface area contributed by atoms with Crippen LogP contribution < -0.4 is 16.1 Å². The Hall–Kier alpha value is -7.22. The van der Waals surface area contributed by atoms with E-state index in [1.54, 1.807) is 0 Å². The lowest BCUT2D eigenvalue weighted by Crippen LogP contribution is -2.38. The number of nitrogens with one attached hydrogen (secondary N) is 1. The monoisotopic (exact) mass is 737 g/mol. The van der Waals surface area contributed by atoms with Crippen LogP contribution in [0.1, 0.15) is 17.3 Å². The Kier molecular flexibility index (Phi) is 7.64. The van der Waals surface area contributed by atoms with Gasteiger partial charge in [0.2, 0.25) is 0 Å². The molecule has 0 bridgehead atoms. The molecule has 0 spiro atoms. The van der Waals surface area contributed by atoms with Crippen LogP contribution in [0.3, 0.4) is 0 Å². The Labute approximate surface area is 325 Å². The van der Waals surface area contributed by atoms with Crippen LogP contribution >= 0.6 is 11.3 Å². The maximum Gasteiger partial charge on any atom is 0.177 e. The molecule has 1 unspecified atom stereocenters. The molecule has 0 saturated carbocycles. The predicted molar refractivity (Wildman–Crippen MR) is 226 cm³/mol. The van der Waals surface area contributed by atoms with Crippen LogP contribution in [0.25, 0.3) is 82.1 Å². The number of hydrogen-bond donors (Lipinski definition) is 1. The van der Waals surface area contributed by atoms with Crippen LogP contribution in [-0.4, -0.2) is 15.0 Å². The molecule has 0 amide bonds. The average molecular weight is 738 g/mol. The third-order valence-electron chi connectivity index (χ3n) is 10.4. The van der Waals surface area contributed by atoms with Gasteiger partial charge in [0.05, 0.1) is 5.70 Å². The number of furan rings is 1. The number of para-hydroxylation sites is 1. The summed E-state index contributed by atoms with van der Waals surface area (Å²) in [4.78, 5) is 20.9. The number of rotatable bonds is 6. The van der Waals surface area contributed by atoms with Gasteiger partial charge in [-0.15, -0.1) is 11.3 Å². The molecule has 0 aliphatic carbocycles. The minimum Gasteiger partial charge on any atom is -0.452 e. The van der Waals surface area contributed by atoms with Crippen molar-refractivity contribution in [3.63, 3.8) is 0 Å². The summed E-state index contributed by atoms with van der Waals surface area (Å²) in [5.41, 5.74) is 9.32. The van der Waals surface area contributed by atoms with Crippen LogP contribution in [0.15, 0.2) is 185 Å². The van der Waals surface area contributed by atoms with Gasteiger partial charge in [-0.1, -0.05) is 146 Å². The molecule has 0 saturated heterocycles. The van der Waals surface area contributed by atoms with Crippen molar-refractivity contribution in [2.45, 2.75) is 6.17 Å². The van der Waals surface area contributed by atoms with E-state index in [2.05, 4.69) is 84.2 Å². The first-order valence-electron chi connectivity index (χ1n) is 18.6. The van der Waals surface area contributed by atoms with Crippen molar-refractivity contribution >= 4 is 48.2 Å². The molecular weight excluding hydrogens is 707 g/mol. The summed E-state index contributed by atoms with van der Waals surface area (Å²) in [6.07, 6.45) is -0.423. The lowest BCUT2D eigenvalue weighted by atomic mass is 9.92. The maximum atomic E-state index is 6.47. The molecular formula is C49H31N5OS. The lowest BCUT2D eigenvalue weighted by molar-refractivity contribution is 0.535. The van der Waals surface area contributed by atoms with Gasteiger partial charge in [-0.3, -0.25) is 4.99 Å². The number of nitrogens with zero attached hydrogens (tertiary/aromatic N) is 4. The molecule has 1 aliphatic rings. The standard InChI is InChI=1S/C49H31N5OS/c1-4-15-30(16-5-1)43-45-44(36-21-10-12-24-39(36)55-45)51-48(50-43)33-27-28-34(35-23-14-26-41-42(35)37-22-11-13-25-40(37)56-41)38(29-33)49-53-46(31-17-6-2-7-18-31)52-47(54-49)32-19-8-3-9-20-32/h1-29,48,50H. The van der Waals surface area contributed by atoms with E-state index in [0.717, 1.165) is 66.4 Å². The van der Waals surface area contributed by atoms with Gasteiger partial charge in [0.15, 0.2) is 22.9 Å². The SMILES string of the molecule is c1ccc(C2=c3oc4ccccc4c3=NC(c3ccc(-c4cccc5sc6ccccc6c45)c(-c4nc(-c5ccccc5)nc(-c5ccccc5)n4)c3)N2)cc1. The zero-order valence-corrected chi connectivity index (χ0v) is 30.7. The summed E-state index contributed by atoms with van der Waals surface area (Å²) in [6.45, 7) is 0. The largest absolute Gasteiger partial charge is 0.452 e. The fourth-order valence-electron chi connectivity index (χ4n) is 7.75. The molecule has 264 valence electrons. The minimum absolute atomic E-state index is 0.423. The van der Waals surface area contributed by atoms with Crippen LogP contribution in [0.2, 0.25) is 0 Å². The normalized spacial score (nSPS) is 13.8. The van der Waals surface area contributed by atoms with Crippen molar-refractivity contribution in [3.8, 4) is 45.3 Å². The van der Waals surface area contributed by atoms with Crippen molar-refractivity contribution < 1.29 is 4.42 Å². The average Bonchev–Trinajstić information content (AvgIpc) is 3.85. The molecule has 1 N–H and O–H groups in total. The van der Waals surface area contributed by atoms with Gasteiger partial charge < -0.3 is 9.73 Å². The van der Waals surface area contributed by atoms with E-state index in [1.165, 1.54) is 20.2 Å². The first-order chi connectivity index (χ1) is 27.7. The smallest absolute Gasteiger partial charge is 0.177 e. The van der Waals surface area contributed by atoms with Crippen LogP contribution in [-0.2, 0) is 0 Å². The van der Waals surface area contributed by atoms with E-state index in [1.807, 2.05) is 108 Å². The number of thiophene rings is 1. The Morgan fingerprint density at radius 3 is 1.82 bits per heavy atom. The van der Waals surface area contributed by atoms with Gasteiger partial charge in [0.1, 0.15) is 17.1 Å². The number of hydrogen-bond acceptors (Lipinski definition) is 7. The maximum absolute atomic E-state index is 6.47. The summed E-state index contributed by atoms with van der Waals surface area (Å²) < 4.78 is 8.96. The highest BCUT2D eigenvalue weighted by molar-refractivity contribution is 7.25. The molecule has 1 atom stereocenters. The topological polar surface area (TPSA) is 76.2 Å². The van der Waals surface area contributed by atoms with E-state index < -0.39 is 6.17 Å². The Balaban J connectivity index is 1.18. The first kappa shape index (κ1) is 32.2. The van der Waals surface area contributed by atoms with Crippen molar-refractivity contribution in [1.82, 2.24) is 20.3 Å². The van der Waals surface area contributed by atoms with Gasteiger partial charge in [0.25, 0.3) is 0 Å². The second-order valence-corrected chi connectivity index (χ2v) is 14.9. The summed E-state index contributed by atoms with van der Waals surface area (Å²) in [6, 6.07) is 60.5. The Morgan fingerprint density at radius 2 is 1.09 bits per heavy atom. The van der Waals surface area contributed by atoms with Crippen molar-refractivity contribution in [1.29, 1.82) is 0 Å². The fraction of sp³-hybridized carbons (Fsp3) is 0.0204. The second kappa shape index (κ2) is 13.3. The molecule has 6 nitrogen and oxygen atoms in total. The summed E-state index contributed by atoms with van der Waals surface area (Å²) >= 11 is 1.81. The zero-order valence-electron chi connectivity index (χ0n) is 29.9. The third-order valence-corrected chi connectivity index (χ3v) is 11.5. The number of fused-ring (bicyclic) bond motifs is 6. The van der Waals surface area contributed by atoms with Crippen LogP contribution in [0, 0.1) is 0 Å². The highest BCUT2D eigenvalue weighted by Gasteiger charge is 2.25. The van der Waals surface area contributed by atoms with Crippen molar-refractivity contribution in [3.05, 3.63) is 198 Å². The van der Waals surface area contributed by atoms with Crippen LogP contribution in [0.4, 0.5) is 0 Å². The summed E-state index contributed by atoms with van der Waals surface area (Å²) in [5.74, 6) is 1.81. The quantitative estimate of drug-likeness (QED) is 0.184. The lowest BCUT2D eigenvalue weighted by Gasteiger charge is -2.22. The van der Waals surface area contributed by atoms with E-state index in [9.17, 15) is 0 Å². The third kappa shape index (κ3) is 5.48. The summed E-state index contributed by atoms with van der Waals surface area (Å²) in [7, 11) is 0. The first-order valence-corrected chi connectivity index (χ1v) is 19.4. The molecule has 0 fully saturated rings. The summed E-state index contributed by atoms with van der Waals surface area (Å²) in [5, 5.41) is 8.03. The fourth-order valence-corrected chi connectivity index (χ4v) is 8.88. The van der Waals surface area contributed by atoms with Gasteiger partial charge >= 0.3 is 0 Å². The van der Waals surface area contributed by atoms with Crippen molar-refractivity contribution in [2.24, 2.45) is 4.99 Å². The van der Waals surface area contributed by atoms with E-state index >= 15 is 0 Å². The van der Waals surface area contributed by atoms with Gasteiger partial charge in [-0.05, 0) is 47.0 Å². The Morgan fingerprint density at radius 1 is 0.482 bits per heavy atom. The number of benzene rings is 7. The minimum atomic E-state index is -0.423. The molecule has 10 aromatic rings. The van der Waals surface area contributed by atoms with Crippen LogP contribution in [0.5, 0.6) is 0 Å². The molecule has 11 rings (SSSR count). The molecule has 56 heavy (non-hydrogen) atoms. The van der Waals surface area contributed by atoms with Crippen molar-refractivity contribution in [2.75, 3.05) is 0 Å². The molecule has 4 heterocycles. The zero-order chi connectivity index (χ0) is 37.0. The Bertz CT molecular complexity index is 3170. The van der Waals surface area contributed by atoms with Gasteiger partial charge in [-0.25, -0.2) is 15.0 Å². The molecule has 7 aromatic carbocycles. The second-order valence-electron chi connectivity index (χ2n) is 13.8. The van der Waals surface area contributed by atoms with E-state index in [-0.39, 0.29) is 0 Å². The molecule has 7 heteroatoms. The molecule has 3 aromatic heterocycles. The number of aromatic nitrogens is 3. The highest BCUT2D eigenvalue weighted by Crippen LogP contribution is 2.43. The van der Waals surface area contributed by atoms with E-state index in [4.69, 9.17) is 24.4 Å². The highest BCUT2D eigenvalue weighted by atomic mass is 32.1.